The number of nitrogens with two attached hydrogens (primary N) is 1. The minimum atomic E-state index is -0.559. The number of piperazine rings is 1. The molecule has 2 bridgehead atoms. The lowest BCUT2D eigenvalue weighted by molar-refractivity contribution is -0.139. The van der Waals surface area contributed by atoms with Crippen LogP contribution in [0.3, 0.4) is 0 Å². The van der Waals surface area contributed by atoms with Crippen molar-refractivity contribution in [2.24, 2.45) is 23.5 Å². The summed E-state index contributed by atoms with van der Waals surface area (Å²) in [6, 6.07) is 3.62. The molecule has 1 saturated heterocycles. The molecule has 2 saturated carbocycles. The SMILES string of the molecule is CC(c1ccc(F)cc1F)N1CCN(C(=O)C2C3CCC(C3)C2N)CC1.Cl.Cl. The van der Waals surface area contributed by atoms with Gasteiger partial charge >= 0.3 is 0 Å². The molecule has 0 spiro atoms. The van der Waals surface area contributed by atoms with Crippen molar-refractivity contribution in [1.29, 1.82) is 0 Å². The monoisotopic (exact) mass is 435 g/mol. The average Bonchev–Trinajstić information content (AvgIpc) is 3.22. The minimum Gasteiger partial charge on any atom is -0.340 e. The van der Waals surface area contributed by atoms with Crippen LogP contribution < -0.4 is 5.73 Å². The van der Waals surface area contributed by atoms with E-state index in [0.29, 0.717) is 43.6 Å². The Balaban J connectivity index is 0.00000140. The molecule has 8 heteroatoms. The molecule has 4 rings (SSSR count). The van der Waals surface area contributed by atoms with E-state index in [4.69, 9.17) is 5.73 Å². The summed E-state index contributed by atoms with van der Waals surface area (Å²) in [5.41, 5.74) is 6.82. The largest absolute Gasteiger partial charge is 0.340 e. The van der Waals surface area contributed by atoms with Crippen molar-refractivity contribution >= 4 is 30.7 Å². The maximum absolute atomic E-state index is 14.0. The number of carbonyl (C=O) groups excluding carboxylic acids is 1. The van der Waals surface area contributed by atoms with Gasteiger partial charge in [-0.15, -0.1) is 24.8 Å². The molecule has 1 aromatic rings. The summed E-state index contributed by atoms with van der Waals surface area (Å²) in [6.07, 6.45) is 3.41. The molecule has 28 heavy (non-hydrogen) atoms. The van der Waals surface area contributed by atoms with Crippen LogP contribution in [0.5, 0.6) is 0 Å². The maximum Gasteiger partial charge on any atom is 0.227 e. The Kier molecular flexibility index (Phi) is 7.70. The molecular formula is C20H29Cl2F2N3O. The first kappa shape index (κ1) is 23.3. The van der Waals surface area contributed by atoms with Crippen LogP contribution in [0.15, 0.2) is 18.2 Å². The second-order valence-electron chi connectivity index (χ2n) is 8.14. The number of amides is 1. The van der Waals surface area contributed by atoms with E-state index in [0.717, 1.165) is 18.9 Å². The number of fused-ring (bicyclic) bond motifs is 2. The van der Waals surface area contributed by atoms with E-state index >= 15 is 0 Å². The highest BCUT2D eigenvalue weighted by Gasteiger charge is 2.50. The van der Waals surface area contributed by atoms with Crippen molar-refractivity contribution in [1.82, 2.24) is 9.80 Å². The van der Waals surface area contributed by atoms with Crippen LogP contribution in [0, 0.1) is 29.4 Å². The molecule has 2 N–H and O–H groups in total. The van der Waals surface area contributed by atoms with Gasteiger partial charge in [0.25, 0.3) is 0 Å². The second kappa shape index (κ2) is 9.24. The summed E-state index contributed by atoms with van der Waals surface area (Å²) in [4.78, 5) is 17.1. The van der Waals surface area contributed by atoms with E-state index in [2.05, 4.69) is 4.90 Å². The van der Waals surface area contributed by atoms with Crippen LogP contribution in [0.2, 0.25) is 0 Å². The molecule has 5 atom stereocenters. The van der Waals surface area contributed by atoms with E-state index in [1.807, 2.05) is 11.8 Å². The van der Waals surface area contributed by atoms with Crippen LogP contribution >= 0.6 is 24.8 Å². The van der Waals surface area contributed by atoms with Gasteiger partial charge in [-0.1, -0.05) is 6.07 Å². The molecule has 1 amide bonds. The molecule has 1 heterocycles. The lowest BCUT2D eigenvalue weighted by Gasteiger charge is -2.40. The standard InChI is InChI=1S/C20H27F2N3O.2ClH/c1-12(16-5-4-15(21)11-17(16)22)24-6-8-25(9-7-24)20(26)18-13-2-3-14(10-13)19(18)23;;/h4-5,11-14,18-19H,2-3,6-10,23H2,1H3;2*1H. The molecule has 1 aromatic carbocycles. The molecule has 0 aromatic heterocycles. The highest BCUT2D eigenvalue weighted by molar-refractivity contribution is 5.85. The molecule has 0 radical (unpaired) electrons. The van der Waals surface area contributed by atoms with E-state index in [9.17, 15) is 13.6 Å². The van der Waals surface area contributed by atoms with Gasteiger partial charge < -0.3 is 10.6 Å². The van der Waals surface area contributed by atoms with Gasteiger partial charge in [0.1, 0.15) is 11.6 Å². The third-order valence-electron chi connectivity index (χ3n) is 6.85. The molecular weight excluding hydrogens is 407 g/mol. The lowest BCUT2D eigenvalue weighted by Crippen LogP contribution is -2.54. The number of halogens is 4. The van der Waals surface area contributed by atoms with E-state index in [1.165, 1.54) is 18.6 Å². The van der Waals surface area contributed by atoms with E-state index < -0.39 is 11.6 Å². The molecule has 3 aliphatic rings. The van der Waals surface area contributed by atoms with Gasteiger partial charge in [-0.05, 0) is 44.1 Å². The quantitative estimate of drug-likeness (QED) is 0.791. The summed E-state index contributed by atoms with van der Waals surface area (Å²) in [7, 11) is 0. The zero-order valence-corrected chi connectivity index (χ0v) is 17.7. The molecule has 1 aliphatic heterocycles. The number of carbonyl (C=O) groups is 1. The number of nitrogens with zero attached hydrogens (tertiary/aromatic N) is 2. The predicted octanol–water partition coefficient (Wildman–Crippen LogP) is 3.39. The Bertz CT molecular complexity index is 698. The van der Waals surface area contributed by atoms with Gasteiger partial charge in [0.15, 0.2) is 0 Å². The third-order valence-corrected chi connectivity index (χ3v) is 6.85. The van der Waals surface area contributed by atoms with Gasteiger partial charge in [-0.25, -0.2) is 8.78 Å². The fourth-order valence-electron chi connectivity index (χ4n) is 5.28. The van der Waals surface area contributed by atoms with E-state index in [-0.39, 0.29) is 48.7 Å². The number of hydrogen-bond donors (Lipinski definition) is 1. The number of hydrogen-bond acceptors (Lipinski definition) is 3. The Morgan fingerprint density at radius 2 is 1.75 bits per heavy atom. The Hall–Kier alpha value is -0.950. The smallest absolute Gasteiger partial charge is 0.227 e. The molecule has 2 aliphatic carbocycles. The highest BCUT2D eigenvalue weighted by Crippen LogP contribution is 2.48. The molecule has 3 fully saturated rings. The fourth-order valence-corrected chi connectivity index (χ4v) is 5.28. The van der Waals surface area contributed by atoms with Gasteiger partial charge in [0.2, 0.25) is 5.91 Å². The third kappa shape index (κ3) is 4.16. The first-order valence-corrected chi connectivity index (χ1v) is 9.69. The van der Waals surface area contributed by atoms with Crippen molar-refractivity contribution in [3.63, 3.8) is 0 Å². The molecule has 4 nitrogen and oxygen atoms in total. The Morgan fingerprint density at radius 1 is 1.11 bits per heavy atom. The van der Waals surface area contributed by atoms with Crippen molar-refractivity contribution in [2.75, 3.05) is 26.2 Å². The summed E-state index contributed by atoms with van der Waals surface area (Å²) >= 11 is 0. The topological polar surface area (TPSA) is 49.6 Å². The molecule has 5 unspecified atom stereocenters. The highest BCUT2D eigenvalue weighted by atomic mass is 35.5. The predicted molar refractivity (Wildman–Crippen MR) is 110 cm³/mol. The summed E-state index contributed by atoms with van der Waals surface area (Å²) in [5.74, 6) is 0.127. The zero-order valence-electron chi connectivity index (χ0n) is 16.0. The normalized spacial score (nSPS) is 30.5. The van der Waals surface area contributed by atoms with Crippen molar-refractivity contribution in [3.8, 4) is 0 Å². The van der Waals surface area contributed by atoms with Gasteiger partial charge in [-0.3, -0.25) is 9.69 Å². The van der Waals surface area contributed by atoms with Crippen LogP contribution in [0.25, 0.3) is 0 Å². The first-order valence-electron chi connectivity index (χ1n) is 9.69. The van der Waals surface area contributed by atoms with E-state index in [1.54, 1.807) is 0 Å². The van der Waals surface area contributed by atoms with Crippen molar-refractivity contribution in [3.05, 3.63) is 35.4 Å². The summed E-state index contributed by atoms with van der Waals surface area (Å²) < 4.78 is 27.2. The maximum atomic E-state index is 14.0. The van der Waals surface area contributed by atoms with Crippen molar-refractivity contribution < 1.29 is 13.6 Å². The second-order valence-corrected chi connectivity index (χ2v) is 8.14. The van der Waals surface area contributed by atoms with Gasteiger partial charge in [0.05, 0.1) is 5.92 Å². The number of rotatable bonds is 3. The van der Waals surface area contributed by atoms with Crippen LogP contribution in [0.4, 0.5) is 8.78 Å². The lowest BCUT2D eigenvalue weighted by atomic mass is 9.84. The van der Waals surface area contributed by atoms with Crippen LogP contribution in [0.1, 0.15) is 37.8 Å². The minimum absolute atomic E-state index is 0. The van der Waals surface area contributed by atoms with Crippen LogP contribution in [-0.2, 0) is 4.79 Å². The molecule has 158 valence electrons. The van der Waals surface area contributed by atoms with Gasteiger partial charge in [-0.2, -0.15) is 0 Å². The average molecular weight is 436 g/mol. The summed E-state index contributed by atoms with van der Waals surface area (Å²) in [6.45, 7) is 4.61. The Morgan fingerprint density at radius 3 is 2.32 bits per heavy atom. The van der Waals surface area contributed by atoms with Crippen molar-refractivity contribution in [2.45, 2.75) is 38.3 Å². The Labute approximate surface area is 177 Å². The fraction of sp³-hybridized carbons (Fsp3) is 0.650. The summed E-state index contributed by atoms with van der Waals surface area (Å²) in [5, 5.41) is 0. The first-order chi connectivity index (χ1) is 12.5. The zero-order chi connectivity index (χ0) is 18.4. The van der Waals surface area contributed by atoms with Gasteiger partial charge in [0, 0.05) is 49.9 Å². The number of benzene rings is 1. The van der Waals surface area contributed by atoms with Crippen LogP contribution in [-0.4, -0.2) is 47.9 Å².